The highest BCUT2D eigenvalue weighted by Crippen LogP contribution is 2.37. The maximum Gasteiger partial charge on any atom is 0.241 e. The molecule has 33 heavy (non-hydrogen) atoms. The van der Waals surface area contributed by atoms with Crippen LogP contribution in [-0.2, 0) is 9.59 Å². The maximum atomic E-state index is 13.2. The second-order valence-electron chi connectivity index (χ2n) is 8.21. The molecule has 0 aliphatic carbocycles. The summed E-state index contributed by atoms with van der Waals surface area (Å²) in [4.78, 5) is 32.0. The summed E-state index contributed by atoms with van der Waals surface area (Å²) in [5, 5.41) is 3.21. The van der Waals surface area contributed by atoms with Gasteiger partial charge in [-0.2, -0.15) is 0 Å². The number of amides is 2. The number of halogens is 1. The summed E-state index contributed by atoms with van der Waals surface area (Å²) in [6, 6.07) is 6.85. The molecule has 0 saturated carbocycles. The Morgan fingerprint density at radius 3 is 2.70 bits per heavy atom. The van der Waals surface area contributed by atoms with Gasteiger partial charge >= 0.3 is 0 Å². The number of methoxy groups -OCH3 is 2. The van der Waals surface area contributed by atoms with Crippen LogP contribution in [0.25, 0.3) is 0 Å². The molecule has 4 rings (SSSR count). The maximum absolute atomic E-state index is 13.2. The number of likely N-dealkylation sites (tertiary alicyclic amines) is 1. The molecule has 2 aliphatic heterocycles. The van der Waals surface area contributed by atoms with Crippen LogP contribution in [0.5, 0.6) is 11.5 Å². The van der Waals surface area contributed by atoms with Gasteiger partial charge < -0.3 is 19.7 Å². The van der Waals surface area contributed by atoms with Crippen molar-refractivity contribution in [2.24, 2.45) is 5.92 Å². The Morgan fingerprint density at radius 1 is 1.18 bits per heavy atom. The number of hydrogen-bond donors (Lipinski definition) is 3. The van der Waals surface area contributed by atoms with Crippen molar-refractivity contribution < 1.29 is 19.1 Å². The van der Waals surface area contributed by atoms with Crippen LogP contribution in [0.3, 0.4) is 0 Å². The highest BCUT2D eigenvalue weighted by Gasteiger charge is 2.36. The van der Waals surface area contributed by atoms with Gasteiger partial charge in [-0.3, -0.25) is 14.6 Å². The monoisotopic (exact) mass is 473 g/mol. The first kappa shape index (κ1) is 23.3. The number of rotatable bonds is 6. The zero-order valence-electron chi connectivity index (χ0n) is 18.6. The average molecular weight is 474 g/mol. The fourth-order valence-corrected chi connectivity index (χ4v) is 4.58. The summed E-state index contributed by atoms with van der Waals surface area (Å²) in [5.41, 5.74) is 7.78. The van der Waals surface area contributed by atoms with Gasteiger partial charge in [-0.25, -0.2) is 10.9 Å². The van der Waals surface area contributed by atoms with Crippen LogP contribution < -0.4 is 25.6 Å². The third kappa shape index (κ3) is 5.21. The number of nitrogens with zero attached hydrogens (tertiary/aromatic N) is 2. The quantitative estimate of drug-likeness (QED) is 0.592. The van der Waals surface area contributed by atoms with E-state index in [1.54, 1.807) is 29.4 Å². The molecular weight excluding hydrogens is 446 g/mol. The van der Waals surface area contributed by atoms with Gasteiger partial charge in [-0.1, -0.05) is 11.6 Å². The van der Waals surface area contributed by atoms with E-state index in [1.165, 1.54) is 14.2 Å². The van der Waals surface area contributed by atoms with Crippen molar-refractivity contribution in [3.63, 3.8) is 0 Å². The largest absolute Gasteiger partial charge is 0.497 e. The van der Waals surface area contributed by atoms with E-state index < -0.39 is 0 Å². The lowest BCUT2D eigenvalue weighted by molar-refractivity contribution is -0.136. The molecular formula is C23H28ClN5O4. The number of ether oxygens (including phenoxy) is 2. The van der Waals surface area contributed by atoms with Crippen molar-refractivity contribution in [1.82, 2.24) is 20.7 Å². The lowest BCUT2D eigenvalue weighted by atomic mass is 9.95. The molecule has 3 heterocycles. The van der Waals surface area contributed by atoms with Crippen LogP contribution in [0.1, 0.15) is 30.9 Å². The van der Waals surface area contributed by atoms with Gasteiger partial charge in [0.05, 0.1) is 25.2 Å². The van der Waals surface area contributed by atoms with E-state index in [0.717, 1.165) is 12.0 Å². The zero-order chi connectivity index (χ0) is 23.4. The molecule has 0 bridgehead atoms. The second kappa shape index (κ2) is 10.4. The molecule has 2 amide bonds. The molecule has 10 heteroatoms. The van der Waals surface area contributed by atoms with Gasteiger partial charge in [-0.15, -0.1) is 0 Å². The molecule has 2 saturated heterocycles. The predicted octanol–water partition coefficient (Wildman–Crippen LogP) is 2.54. The molecule has 2 aliphatic rings. The number of benzene rings is 1. The van der Waals surface area contributed by atoms with E-state index in [1.807, 2.05) is 12.1 Å². The van der Waals surface area contributed by atoms with Crippen LogP contribution >= 0.6 is 11.6 Å². The molecule has 3 N–H and O–H groups in total. The van der Waals surface area contributed by atoms with Crippen LogP contribution in [0.2, 0.25) is 5.02 Å². The number of carbonyl (C=O) groups excluding carboxylic acids is 2. The summed E-state index contributed by atoms with van der Waals surface area (Å²) >= 11 is 6.35. The Balaban J connectivity index is 1.38. The van der Waals surface area contributed by atoms with Crippen LogP contribution in [0.4, 0.5) is 5.69 Å². The summed E-state index contributed by atoms with van der Waals surface area (Å²) in [6.07, 6.45) is 5.57. The number of pyridine rings is 1. The lowest BCUT2D eigenvalue weighted by Crippen LogP contribution is -2.50. The standard InChI is InChI=1S/C23H28ClN5O4/c1-32-16-10-17(24)21(20(11-16)33-2)26-22(30)15-4-3-9-29(13-15)23(31)19-12-18(27-28-19)14-5-7-25-8-6-14/h5-8,10-11,15,18-19,27-28H,3-4,9,12-13H2,1-2H3,(H,26,30). The first-order valence-corrected chi connectivity index (χ1v) is 11.3. The molecule has 176 valence electrons. The minimum Gasteiger partial charge on any atom is -0.497 e. The Bertz CT molecular complexity index is 1010. The van der Waals surface area contributed by atoms with Gasteiger partial charge in [0.25, 0.3) is 0 Å². The first-order valence-electron chi connectivity index (χ1n) is 10.9. The number of anilines is 1. The van der Waals surface area contributed by atoms with E-state index in [9.17, 15) is 9.59 Å². The number of hydrazine groups is 1. The Hall–Kier alpha value is -2.88. The van der Waals surface area contributed by atoms with Crippen molar-refractivity contribution >= 4 is 29.1 Å². The van der Waals surface area contributed by atoms with Gasteiger partial charge in [0.15, 0.2) is 0 Å². The smallest absolute Gasteiger partial charge is 0.241 e. The molecule has 3 atom stereocenters. The zero-order valence-corrected chi connectivity index (χ0v) is 19.4. The third-order valence-corrected chi connectivity index (χ3v) is 6.44. The molecule has 1 aromatic carbocycles. The summed E-state index contributed by atoms with van der Waals surface area (Å²) < 4.78 is 10.6. The van der Waals surface area contributed by atoms with Crippen LogP contribution in [-0.4, -0.2) is 55.0 Å². The van der Waals surface area contributed by atoms with Gasteiger partial charge in [0.2, 0.25) is 11.8 Å². The number of carbonyl (C=O) groups is 2. The van der Waals surface area contributed by atoms with E-state index in [-0.39, 0.29) is 29.8 Å². The average Bonchev–Trinajstić information content (AvgIpc) is 3.35. The SMILES string of the molecule is COc1cc(Cl)c(NC(=O)C2CCCN(C(=O)C3CC(c4ccncc4)NN3)C2)c(OC)c1. The molecule has 1 aromatic heterocycles. The third-order valence-electron chi connectivity index (χ3n) is 6.15. The first-order chi connectivity index (χ1) is 16.0. The minimum atomic E-state index is -0.346. The molecule has 9 nitrogen and oxygen atoms in total. The van der Waals surface area contributed by atoms with E-state index in [0.29, 0.717) is 48.1 Å². The van der Waals surface area contributed by atoms with E-state index in [2.05, 4.69) is 21.2 Å². The normalized spacial score (nSPS) is 22.6. The van der Waals surface area contributed by atoms with Crippen LogP contribution in [0, 0.1) is 5.92 Å². The topological polar surface area (TPSA) is 105 Å². The number of aromatic nitrogens is 1. The summed E-state index contributed by atoms with van der Waals surface area (Å²) in [6.45, 7) is 0.992. The van der Waals surface area contributed by atoms with Crippen molar-refractivity contribution in [2.75, 3.05) is 32.6 Å². The molecule has 3 unspecified atom stereocenters. The van der Waals surface area contributed by atoms with E-state index in [4.69, 9.17) is 21.1 Å². The van der Waals surface area contributed by atoms with Crippen molar-refractivity contribution in [2.45, 2.75) is 31.3 Å². The van der Waals surface area contributed by atoms with Crippen LogP contribution in [0.15, 0.2) is 36.7 Å². The minimum absolute atomic E-state index is 0.00313. The molecule has 0 spiro atoms. The number of nitrogens with one attached hydrogen (secondary N) is 3. The van der Waals surface area contributed by atoms with Gasteiger partial charge in [-0.05, 0) is 37.0 Å². The summed E-state index contributed by atoms with van der Waals surface area (Å²) in [7, 11) is 3.04. The Morgan fingerprint density at radius 2 is 1.97 bits per heavy atom. The second-order valence-corrected chi connectivity index (χ2v) is 8.62. The highest BCUT2D eigenvalue weighted by molar-refractivity contribution is 6.34. The Labute approximate surface area is 197 Å². The van der Waals surface area contributed by atoms with E-state index >= 15 is 0 Å². The predicted molar refractivity (Wildman–Crippen MR) is 124 cm³/mol. The Kier molecular flexibility index (Phi) is 7.32. The van der Waals surface area contributed by atoms with Crippen molar-refractivity contribution in [1.29, 1.82) is 0 Å². The number of hydrogen-bond acceptors (Lipinski definition) is 7. The highest BCUT2D eigenvalue weighted by atomic mass is 35.5. The lowest BCUT2D eigenvalue weighted by Gasteiger charge is -2.33. The fraction of sp³-hybridized carbons (Fsp3) is 0.435. The van der Waals surface area contributed by atoms with Crippen molar-refractivity contribution in [3.8, 4) is 11.5 Å². The fourth-order valence-electron chi connectivity index (χ4n) is 4.33. The van der Waals surface area contributed by atoms with Crippen molar-refractivity contribution in [3.05, 3.63) is 47.2 Å². The molecule has 2 aromatic rings. The number of piperidine rings is 1. The molecule has 2 fully saturated rings. The summed E-state index contributed by atoms with van der Waals surface area (Å²) in [5.74, 6) is 0.421. The molecule has 0 radical (unpaired) electrons. The van der Waals surface area contributed by atoms with Gasteiger partial charge in [0.1, 0.15) is 23.2 Å². The van der Waals surface area contributed by atoms with Gasteiger partial charge in [0, 0.05) is 43.7 Å².